The molecular weight excluding hydrogens is 292 g/mol. The number of carbonyl (C=O) groups excluding carboxylic acids is 2. The molecule has 6 nitrogen and oxygen atoms in total. The number of rotatable bonds is 4. The highest BCUT2D eigenvalue weighted by Crippen LogP contribution is 2.17. The molecule has 1 aliphatic carbocycles. The van der Waals surface area contributed by atoms with E-state index in [-0.39, 0.29) is 43.0 Å². The van der Waals surface area contributed by atoms with Gasteiger partial charge in [0.25, 0.3) is 0 Å². The molecule has 21 heavy (non-hydrogen) atoms. The molecule has 1 saturated carbocycles. The minimum atomic E-state index is -0.356. The SMILES string of the molecule is Cl.NCC1CCCN1CC(=O)NC(=O)NC1CCCCC1. The Hall–Kier alpha value is -0.850. The fourth-order valence-electron chi connectivity index (χ4n) is 3.19. The number of imide groups is 1. The van der Waals surface area contributed by atoms with Crippen molar-refractivity contribution >= 4 is 24.3 Å². The van der Waals surface area contributed by atoms with Gasteiger partial charge in [-0.2, -0.15) is 0 Å². The smallest absolute Gasteiger partial charge is 0.321 e. The number of amides is 3. The largest absolute Gasteiger partial charge is 0.335 e. The number of nitrogens with one attached hydrogen (secondary N) is 2. The molecule has 7 heteroatoms. The molecule has 0 bridgehead atoms. The summed E-state index contributed by atoms with van der Waals surface area (Å²) in [5, 5.41) is 5.31. The summed E-state index contributed by atoms with van der Waals surface area (Å²) in [5.74, 6) is -0.237. The number of nitrogens with two attached hydrogens (primary N) is 1. The van der Waals surface area contributed by atoms with Crippen molar-refractivity contribution in [1.29, 1.82) is 0 Å². The van der Waals surface area contributed by atoms with Gasteiger partial charge in [-0.25, -0.2) is 4.79 Å². The van der Waals surface area contributed by atoms with E-state index in [0.29, 0.717) is 6.54 Å². The Labute approximate surface area is 132 Å². The molecule has 122 valence electrons. The maximum atomic E-state index is 11.9. The second-order valence-electron chi connectivity index (χ2n) is 5.86. The molecule has 0 aromatic heterocycles. The van der Waals surface area contributed by atoms with E-state index >= 15 is 0 Å². The summed E-state index contributed by atoms with van der Waals surface area (Å²) in [5.41, 5.74) is 5.67. The van der Waals surface area contributed by atoms with Gasteiger partial charge in [0.1, 0.15) is 0 Å². The molecule has 2 rings (SSSR count). The van der Waals surface area contributed by atoms with Crippen LogP contribution in [-0.4, -0.2) is 48.6 Å². The molecule has 1 unspecified atom stereocenters. The zero-order chi connectivity index (χ0) is 14.4. The summed E-state index contributed by atoms with van der Waals surface area (Å²) in [6, 6.07) is 0.146. The van der Waals surface area contributed by atoms with Crippen molar-refractivity contribution in [2.24, 2.45) is 5.73 Å². The summed E-state index contributed by atoms with van der Waals surface area (Å²) in [7, 11) is 0. The Balaban J connectivity index is 0.00000220. The number of hydrogen-bond acceptors (Lipinski definition) is 4. The van der Waals surface area contributed by atoms with E-state index < -0.39 is 0 Å². The molecule has 1 aliphatic heterocycles. The maximum Gasteiger partial charge on any atom is 0.321 e. The van der Waals surface area contributed by atoms with Crippen LogP contribution < -0.4 is 16.4 Å². The van der Waals surface area contributed by atoms with Crippen molar-refractivity contribution in [2.45, 2.75) is 57.0 Å². The number of carbonyl (C=O) groups is 2. The average Bonchev–Trinajstić information content (AvgIpc) is 2.86. The molecule has 1 saturated heterocycles. The number of nitrogens with zero attached hydrogens (tertiary/aromatic N) is 1. The average molecular weight is 319 g/mol. The van der Waals surface area contributed by atoms with Crippen molar-refractivity contribution in [3.8, 4) is 0 Å². The van der Waals surface area contributed by atoms with E-state index in [2.05, 4.69) is 15.5 Å². The predicted molar refractivity (Wildman–Crippen MR) is 84.4 cm³/mol. The van der Waals surface area contributed by atoms with Crippen LogP contribution in [-0.2, 0) is 4.79 Å². The molecule has 1 heterocycles. The first kappa shape index (κ1) is 18.2. The third-order valence-corrected chi connectivity index (χ3v) is 4.31. The molecule has 0 aromatic rings. The highest BCUT2D eigenvalue weighted by Gasteiger charge is 2.25. The third kappa shape index (κ3) is 5.80. The molecular formula is C14H27ClN4O2. The lowest BCUT2D eigenvalue weighted by Gasteiger charge is -2.24. The van der Waals surface area contributed by atoms with Crippen LogP contribution in [0.2, 0.25) is 0 Å². The monoisotopic (exact) mass is 318 g/mol. The summed E-state index contributed by atoms with van der Waals surface area (Å²) >= 11 is 0. The Morgan fingerprint density at radius 2 is 1.81 bits per heavy atom. The van der Waals surface area contributed by atoms with Crippen molar-refractivity contribution in [3.63, 3.8) is 0 Å². The summed E-state index contributed by atoms with van der Waals surface area (Å²) in [6.45, 7) is 1.72. The van der Waals surface area contributed by atoms with Crippen LogP contribution >= 0.6 is 12.4 Å². The maximum absolute atomic E-state index is 11.9. The lowest BCUT2D eigenvalue weighted by Crippen LogP contribution is -2.49. The van der Waals surface area contributed by atoms with Gasteiger partial charge in [-0.15, -0.1) is 12.4 Å². The Bertz CT molecular complexity index is 348. The van der Waals surface area contributed by atoms with Gasteiger partial charge >= 0.3 is 6.03 Å². The van der Waals surface area contributed by atoms with E-state index in [0.717, 1.165) is 45.1 Å². The van der Waals surface area contributed by atoms with Gasteiger partial charge in [-0.1, -0.05) is 19.3 Å². The molecule has 0 radical (unpaired) electrons. The Kier molecular flexibility index (Phi) is 8.00. The van der Waals surface area contributed by atoms with E-state index in [4.69, 9.17) is 5.73 Å². The topological polar surface area (TPSA) is 87.5 Å². The van der Waals surface area contributed by atoms with E-state index in [1.165, 1.54) is 6.42 Å². The van der Waals surface area contributed by atoms with Gasteiger partial charge < -0.3 is 11.1 Å². The van der Waals surface area contributed by atoms with Gasteiger partial charge in [0.15, 0.2) is 0 Å². The fourth-order valence-corrected chi connectivity index (χ4v) is 3.19. The quantitative estimate of drug-likeness (QED) is 0.721. The van der Waals surface area contributed by atoms with Gasteiger partial charge in [0.2, 0.25) is 5.91 Å². The minimum absolute atomic E-state index is 0. The number of urea groups is 1. The zero-order valence-electron chi connectivity index (χ0n) is 12.5. The first-order valence-electron chi connectivity index (χ1n) is 7.73. The molecule has 0 aromatic carbocycles. The van der Waals surface area contributed by atoms with E-state index in [1.54, 1.807) is 0 Å². The number of halogens is 1. The minimum Gasteiger partial charge on any atom is -0.335 e. The third-order valence-electron chi connectivity index (χ3n) is 4.31. The number of hydrogen-bond donors (Lipinski definition) is 3. The molecule has 2 aliphatic rings. The normalized spacial score (nSPS) is 23.4. The van der Waals surface area contributed by atoms with Crippen molar-refractivity contribution < 1.29 is 9.59 Å². The zero-order valence-corrected chi connectivity index (χ0v) is 13.3. The van der Waals surface area contributed by atoms with Crippen LogP contribution in [0.25, 0.3) is 0 Å². The molecule has 4 N–H and O–H groups in total. The fraction of sp³-hybridized carbons (Fsp3) is 0.857. The standard InChI is InChI=1S/C14H26N4O2.ClH/c15-9-12-7-4-8-18(12)10-13(19)17-14(20)16-11-5-2-1-3-6-11;/h11-12H,1-10,15H2,(H2,16,17,19,20);1H. The highest BCUT2D eigenvalue weighted by molar-refractivity contribution is 5.95. The number of likely N-dealkylation sites (tertiary alicyclic amines) is 1. The van der Waals surface area contributed by atoms with Crippen LogP contribution in [0.5, 0.6) is 0 Å². The van der Waals surface area contributed by atoms with Gasteiger partial charge in [0, 0.05) is 18.6 Å². The molecule has 0 spiro atoms. The second kappa shape index (κ2) is 9.23. The summed E-state index contributed by atoms with van der Waals surface area (Å²) < 4.78 is 0. The van der Waals surface area contributed by atoms with E-state index in [9.17, 15) is 9.59 Å². The van der Waals surface area contributed by atoms with Crippen molar-refractivity contribution in [3.05, 3.63) is 0 Å². The second-order valence-corrected chi connectivity index (χ2v) is 5.86. The van der Waals surface area contributed by atoms with Crippen molar-refractivity contribution in [1.82, 2.24) is 15.5 Å². The molecule has 1 atom stereocenters. The van der Waals surface area contributed by atoms with Crippen LogP contribution in [0.4, 0.5) is 4.79 Å². The van der Waals surface area contributed by atoms with Crippen LogP contribution in [0.1, 0.15) is 44.9 Å². The first-order valence-corrected chi connectivity index (χ1v) is 7.73. The first-order chi connectivity index (χ1) is 9.69. The summed E-state index contributed by atoms with van der Waals surface area (Å²) in [6.07, 6.45) is 7.71. The lowest BCUT2D eigenvalue weighted by atomic mass is 9.96. The molecule has 2 fully saturated rings. The Morgan fingerprint density at radius 1 is 1.10 bits per heavy atom. The van der Waals surface area contributed by atoms with Gasteiger partial charge in [0.05, 0.1) is 6.54 Å². The van der Waals surface area contributed by atoms with Crippen LogP contribution in [0.15, 0.2) is 0 Å². The van der Waals surface area contributed by atoms with E-state index in [1.807, 2.05) is 0 Å². The lowest BCUT2D eigenvalue weighted by molar-refractivity contribution is -0.121. The van der Waals surface area contributed by atoms with Gasteiger partial charge in [-0.3, -0.25) is 15.0 Å². The predicted octanol–water partition coefficient (Wildman–Crippen LogP) is 0.990. The van der Waals surface area contributed by atoms with Crippen molar-refractivity contribution in [2.75, 3.05) is 19.6 Å². The van der Waals surface area contributed by atoms with Crippen LogP contribution in [0.3, 0.4) is 0 Å². The summed E-state index contributed by atoms with van der Waals surface area (Å²) in [4.78, 5) is 25.7. The van der Waals surface area contributed by atoms with Gasteiger partial charge in [-0.05, 0) is 32.2 Å². The Morgan fingerprint density at radius 3 is 2.48 bits per heavy atom. The molecule has 3 amide bonds. The van der Waals surface area contributed by atoms with Crippen LogP contribution in [0, 0.1) is 0 Å². The highest BCUT2D eigenvalue weighted by atomic mass is 35.5.